The number of carbonyl (C=O) groups is 1. The molecule has 0 aliphatic heterocycles. The summed E-state index contributed by atoms with van der Waals surface area (Å²) in [4.78, 5) is 10.8. The molecule has 0 spiro atoms. The number of nitrogens with one attached hydrogen (secondary N) is 1. The molecule has 0 radical (unpaired) electrons. The van der Waals surface area contributed by atoms with E-state index in [1.54, 1.807) is 13.0 Å². The number of hydrogen-bond acceptors (Lipinski definition) is 1. The molecular weight excluding hydrogens is 219 g/mol. The van der Waals surface area contributed by atoms with Crippen LogP contribution in [0.2, 0.25) is 0 Å². The van der Waals surface area contributed by atoms with Gasteiger partial charge in [-0.25, -0.2) is 0 Å². The first-order chi connectivity index (χ1) is 7.30. The van der Waals surface area contributed by atoms with Gasteiger partial charge in [-0.2, -0.15) is 13.2 Å². The molecule has 0 aromatic heterocycles. The summed E-state index contributed by atoms with van der Waals surface area (Å²) < 4.78 is 37.2. The molecule has 0 fully saturated rings. The van der Waals surface area contributed by atoms with Gasteiger partial charge < -0.3 is 5.32 Å². The minimum Gasteiger partial charge on any atom is -0.350 e. The average molecular weight is 231 g/mol. The molecule has 0 heterocycles. The first kappa shape index (κ1) is 12.5. The van der Waals surface area contributed by atoms with Crippen molar-refractivity contribution in [2.75, 3.05) is 0 Å². The quantitative estimate of drug-likeness (QED) is 0.833. The largest absolute Gasteiger partial charge is 0.416 e. The summed E-state index contributed by atoms with van der Waals surface area (Å²) in [5.41, 5.74) is -0.271. The molecule has 0 aliphatic carbocycles. The van der Waals surface area contributed by atoms with Crippen LogP contribution in [-0.4, -0.2) is 5.91 Å². The van der Waals surface area contributed by atoms with Gasteiger partial charge in [0.2, 0.25) is 5.91 Å². The summed E-state index contributed by atoms with van der Waals surface area (Å²) in [5, 5.41) is 2.53. The normalized spacial score (nSPS) is 13.3. The third kappa shape index (κ3) is 3.25. The van der Waals surface area contributed by atoms with E-state index in [1.807, 2.05) is 0 Å². The van der Waals surface area contributed by atoms with E-state index in [2.05, 4.69) is 5.32 Å². The van der Waals surface area contributed by atoms with Gasteiger partial charge in [0.25, 0.3) is 0 Å². The van der Waals surface area contributed by atoms with Crippen molar-refractivity contribution in [2.24, 2.45) is 0 Å². The van der Waals surface area contributed by atoms with Gasteiger partial charge >= 0.3 is 6.18 Å². The van der Waals surface area contributed by atoms with Crippen LogP contribution < -0.4 is 5.32 Å². The second kappa shape index (κ2) is 4.55. The summed E-state index contributed by atoms with van der Waals surface area (Å²) in [6.07, 6.45) is -4.36. The van der Waals surface area contributed by atoms with Gasteiger partial charge in [0, 0.05) is 6.92 Å². The zero-order valence-electron chi connectivity index (χ0n) is 8.93. The fourth-order valence-corrected chi connectivity index (χ4v) is 1.37. The van der Waals surface area contributed by atoms with Crippen LogP contribution in [0.4, 0.5) is 13.2 Å². The number of hydrogen-bond donors (Lipinski definition) is 1. The Morgan fingerprint density at radius 3 is 2.50 bits per heavy atom. The molecule has 0 saturated carbocycles. The number of alkyl halides is 3. The molecule has 1 rings (SSSR count). The highest BCUT2D eigenvalue weighted by Gasteiger charge is 2.30. The maximum absolute atomic E-state index is 12.4. The SMILES string of the molecule is CC(=O)N[C@H](C)c1cccc(C(F)(F)F)c1. The van der Waals surface area contributed by atoms with Gasteiger partial charge in [0.15, 0.2) is 0 Å². The molecule has 1 aromatic carbocycles. The second-order valence-electron chi connectivity index (χ2n) is 3.55. The van der Waals surface area contributed by atoms with Crippen molar-refractivity contribution >= 4 is 5.91 Å². The van der Waals surface area contributed by atoms with Crippen LogP contribution in [0.1, 0.15) is 31.0 Å². The Morgan fingerprint density at radius 1 is 1.38 bits per heavy atom. The van der Waals surface area contributed by atoms with Crippen LogP contribution in [0.3, 0.4) is 0 Å². The first-order valence-electron chi connectivity index (χ1n) is 4.75. The van der Waals surface area contributed by atoms with E-state index in [9.17, 15) is 18.0 Å². The Hall–Kier alpha value is -1.52. The van der Waals surface area contributed by atoms with Crippen LogP contribution in [0.25, 0.3) is 0 Å². The van der Waals surface area contributed by atoms with E-state index in [0.29, 0.717) is 5.56 Å². The minimum atomic E-state index is -4.36. The highest BCUT2D eigenvalue weighted by Crippen LogP contribution is 2.30. The Morgan fingerprint density at radius 2 is 2.00 bits per heavy atom. The number of halogens is 3. The van der Waals surface area contributed by atoms with E-state index < -0.39 is 17.8 Å². The maximum Gasteiger partial charge on any atom is 0.416 e. The van der Waals surface area contributed by atoms with Crippen molar-refractivity contribution in [1.29, 1.82) is 0 Å². The zero-order valence-corrected chi connectivity index (χ0v) is 8.93. The number of amides is 1. The van der Waals surface area contributed by atoms with Crippen molar-refractivity contribution < 1.29 is 18.0 Å². The minimum absolute atomic E-state index is 0.273. The van der Waals surface area contributed by atoms with E-state index in [-0.39, 0.29) is 5.91 Å². The first-order valence-corrected chi connectivity index (χ1v) is 4.75. The van der Waals surface area contributed by atoms with Gasteiger partial charge in [0.05, 0.1) is 11.6 Å². The number of rotatable bonds is 2. The van der Waals surface area contributed by atoms with Crippen LogP contribution in [0.15, 0.2) is 24.3 Å². The van der Waals surface area contributed by atoms with Gasteiger partial charge in [-0.1, -0.05) is 12.1 Å². The maximum atomic E-state index is 12.4. The molecule has 0 saturated heterocycles. The van der Waals surface area contributed by atoms with Crippen LogP contribution in [0, 0.1) is 0 Å². The summed E-state index contributed by atoms with van der Waals surface area (Å²) in [6, 6.07) is 4.50. The Balaban J connectivity index is 2.94. The lowest BCUT2D eigenvalue weighted by atomic mass is 10.0. The molecule has 0 unspecified atom stereocenters. The Kier molecular flexibility index (Phi) is 3.57. The van der Waals surface area contributed by atoms with Crippen LogP contribution in [-0.2, 0) is 11.0 Å². The molecule has 1 atom stereocenters. The molecular formula is C11H12F3NO. The molecule has 5 heteroatoms. The third-order valence-electron chi connectivity index (χ3n) is 2.13. The standard InChI is InChI=1S/C11H12F3NO/c1-7(15-8(2)16)9-4-3-5-10(6-9)11(12,13)14/h3-7H,1-2H3,(H,15,16)/t7-/m1/s1. The fraction of sp³-hybridized carbons (Fsp3) is 0.364. The van der Waals surface area contributed by atoms with Crippen molar-refractivity contribution in [3.05, 3.63) is 35.4 Å². The van der Waals surface area contributed by atoms with Crippen molar-refractivity contribution in [1.82, 2.24) is 5.32 Å². The lowest BCUT2D eigenvalue weighted by molar-refractivity contribution is -0.137. The molecule has 1 amide bonds. The molecule has 1 aromatic rings. The van der Waals surface area contributed by atoms with Crippen molar-refractivity contribution in [3.63, 3.8) is 0 Å². The Bertz CT molecular complexity index is 387. The van der Waals surface area contributed by atoms with Crippen molar-refractivity contribution in [2.45, 2.75) is 26.1 Å². The van der Waals surface area contributed by atoms with E-state index >= 15 is 0 Å². The molecule has 1 N–H and O–H groups in total. The third-order valence-corrected chi connectivity index (χ3v) is 2.13. The molecule has 88 valence electrons. The fourth-order valence-electron chi connectivity index (χ4n) is 1.37. The highest BCUT2D eigenvalue weighted by atomic mass is 19.4. The highest BCUT2D eigenvalue weighted by molar-refractivity contribution is 5.73. The van der Waals surface area contributed by atoms with Gasteiger partial charge in [-0.05, 0) is 24.6 Å². The number of carbonyl (C=O) groups excluding carboxylic acids is 1. The topological polar surface area (TPSA) is 29.1 Å². The van der Waals surface area contributed by atoms with E-state index in [4.69, 9.17) is 0 Å². The lowest BCUT2D eigenvalue weighted by Crippen LogP contribution is -2.23. The summed E-state index contributed by atoms with van der Waals surface area (Å²) in [6.45, 7) is 2.96. The smallest absolute Gasteiger partial charge is 0.350 e. The summed E-state index contributed by atoms with van der Waals surface area (Å²) in [5.74, 6) is -0.273. The predicted octanol–water partition coefficient (Wildman–Crippen LogP) is 2.90. The molecule has 2 nitrogen and oxygen atoms in total. The monoisotopic (exact) mass is 231 g/mol. The summed E-state index contributed by atoms with van der Waals surface area (Å²) in [7, 11) is 0. The average Bonchev–Trinajstić information content (AvgIpc) is 2.15. The van der Waals surface area contributed by atoms with E-state index in [0.717, 1.165) is 12.1 Å². The van der Waals surface area contributed by atoms with Crippen LogP contribution in [0.5, 0.6) is 0 Å². The van der Waals surface area contributed by atoms with Gasteiger partial charge in [-0.15, -0.1) is 0 Å². The lowest BCUT2D eigenvalue weighted by Gasteiger charge is -2.15. The van der Waals surface area contributed by atoms with E-state index in [1.165, 1.54) is 13.0 Å². The Labute approximate surface area is 91.5 Å². The van der Waals surface area contributed by atoms with Crippen molar-refractivity contribution in [3.8, 4) is 0 Å². The number of benzene rings is 1. The molecule has 16 heavy (non-hydrogen) atoms. The second-order valence-corrected chi connectivity index (χ2v) is 3.55. The van der Waals surface area contributed by atoms with Gasteiger partial charge in [0.1, 0.15) is 0 Å². The predicted molar refractivity (Wildman–Crippen MR) is 53.7 cm³/mol. The van der Waals surface area contributed by atoms with Gasteiger partial charge in [-0.3, -0.25) is 4.79 Å². The molecule has 0 aliphatic rings. The zero-order chi connectivity index (χ0) is 12.3. The van der Waals surface area contributed by atoms with Crippen LogP contribution >= 0.6 is 0 Å². The summed E-state index contributed by atoms with van der Waals surface area (Å²) >= 11 is 0. The molecule has 0 bridgehead atoms.